The molecule has 0 amide bonds. The van der Waals surface area contributed by atoms with Crippen molar-refractivity contribution >= 4 is 19.2 Å². The van der Waals surface area contributed by atoms with E-state index in [0.717, 1.165) is 0 Å². The number of rotatable bonds is 4. The Kier molecular flexibility index (Phi) is 13.6. The van der Waals surface area contributed by atoms with Crippen LogP contribution < -0.4 is 47.6 Å². The van der Waals surface area contributed by atoms with E-state index in [1.807, 2.05) is 0 Å². The molecule has 0 aliphatic heterocycles. The first-order chi connectivity index (χ1) is 12.3. The van der Waals surface area contributed by atoms with Gasteiger partial charge >= 0.3 is 21.7 Å². The van der Waals surface area contributed by atoms with E-state index < -0.39 is 8.80 Å². The number of halogens is 3. The predicted octanol–water partition coefficient (Wildman–Crippen LogP) is -3.73. The molecule has 0 bridgehead atoms. The summed E-state index contributed by atoms with van der Waals surface area (Å²) in [5.41, 5.74) is 8.89. The van der Waals surface area contributed by atoms with Crippen molar-refractivity contribution in [1.29, 1.82) is 0 Å². The van der Waals surface area contributed by atoms with Crippen LogP contribution in [0.3, 0.4) is 0 Å². The zero-order chi connectivity index (χ0) is 19.1. The second kappa shape index (κ2) is 12.8. The summed E-state index contributed by atoms with van der Waals surface area (Å²) in [6.07, 6.45) is 11.8. The summed E-state index contributed by atoms with van der Waals surface area (Å²) in [7, 11) is -1.45. The smallest absolute Gasteiger partial charge is 1.00 e. The van der Waals surface area contributed by atoms with Gasteiger partial charge in [0, 0.05) is 0 Å². The molecule has 1 aliphatic rings. The fraction of sp³-hybridized carbons (Fsp3) is 0.400. The average Bonchev–Trinajstić information content (AvgIpc) is 2.80. The van der Waals surface area contributed by atoms with Crippen LogP contribution in [0.5, 0.6) is 0 Å². The zero-order valence-electron chi connectivity index (χ0n) is 19.2. The fourth-order valence-corrected chi connectivity index (χ4v) is 9.82. The van der Waals surface area contributed by atoms with Crippen molar-refractivity contribution < 1.29 is 58.9 Å². The molecule has 0 nitrogen and oxygen atoms in total. The van der Waals surface area contributed by atoms with Crippen molar-refractivity contribution in [3.63, 3.8) is 0 Å². The molecule has 1 aliphatic carbocycles. The van der Waals surface area contributed by atoms with Crippen LogP contribution in [0.25, 0.3) is 0 Å². The van der Waals surface area contributed by atoms with Crippen molar-refractivity contribution in [2.24, 2.45) is 0 Å². The summed E-state index contributed by atoms with van der Waals surface area (Å²) in [5.74, 6) is 0. The number of aryl methyl sites for hydroxylation is 2. The molecule has 2 unspecified atom stereocenters. The molecule has 2 atom stereocenters. The molecule has 2 aromatic rings. The van der Waals surface area contributed by atoms with Crippen molar-refractivity contribution in [2.45, 2.75) is 66.3 Å². The van der Waals surface area contributed by atoms with Gasteiger partial charge in [0.2, 0.25) is 0 Å². The van der Waals surface area contributed by atoms with E-state index in [2.05, 4.69) is 91.0 Å². The van der Waals surface area contributed by atoms with Crippen LogP contribution in [0.15, 0.2) is 42.5 Å². The van der Waals surface area contributed by atoms with E-state index in [0.29, 0.717) is 0 Å². The van der Waals surface area contributed by atoms with Gasteiger partial charge in [-0.15, -0.1) is 0 Å². The second-order valence-corrected chi connectivity index (χ2v) is 11.6. The molecule has 3 rings (SSSR count). The minimum Gasteiger partial charge on any atom is -1.00 e. The summed E-state index contributed by atoms with van der Waals surface area (Å²) in [4.78, 5) is 0. The molecule has 5 heteroatoms. The largest absolute Gasteiger partial charge is 4.00 e. The normalized spacial score (nSPS) is 17.8. The predicted molar refractivity (Wildman–Crippen MR) is 119 cm³/mol. The van der Waals surface area contributed by atoms with E-state index in [4.69, 9.17) is 0 Å². The third-order valence-corrected chi connectivity index (χ3v) is 11.2. The molecule has 0 fully saturated rings. The Morgan fingerprint density at radius 2 is 1.33 bits per heavy atom. The van der Waals surface area contributed by atoms with Crippen molar-refractivity contribution in [1.82, 2.24) is 0 Å². The maximum absolute atomic E-state index is 2.54. The summed E-state index contributed by atoms with van der Waals surface area (Å²) < 4.78 is 0. The van der Waals surface area contributed by atoms with Gasteiger partial charge in [-0.2, -0.15) is 27.4 Å². The number of hydrogen-bond acceptors (Lipinski definition) is 0. The Hall–Kier alpha value is -0.149. The van der Waals surface area contributed by atoms with E-state index in [1.165, 1.54) is 35.1 Å². The monoisotopic (exact) mass is 514 g/mol. The summed E-state index contributed by atoms with van der Waals surface area (Å²) in [6, 6.07) is 7.26. The third-order valence-electron chi connectivity index (χ3n) is 6.77. The van der Waals surface area contributed by atoms with Crippen LogP contribution in [0.1, 0.15) is 53.1 Å². The van der Waals surface area contributed by atoms with Gasteiger partial charge in [-0.25, -0.2) is 0 Å². The van der Waals surface area contributed by atoms with E-state index in [-0.39, 0.29) is 64.0 Å². The quantitative estimate of drug-likeness (QED) is 0.290. The Morgan fingerprint density at radius 3 is 1.73 bits per heavy atom. The standard InChI is InChI=1S/C25H33Si.3ClH.Ti/c1-8-25(12-10-9-11-13-25)26(23-15-17(2)14-18(3)16-23)24-21(6)19(4)20(5)22(24)7;;;;/h9-12,14-16,26H,8,13H2,1-7H3;3*1H;/q-1;;;;+4/p-3. The molecule has 0 N–H and O–H groups in total. The van der Waals surface area contributed by atoms with E-state index in [9.17, 15) is 0 Å². The van der Waals surface area contributed by atoms with Crippen LogP contribution in [0.4, 0.5) is 0 Å². The van der Waals surface area contributed by atoms with Crippen LogP contribution in [-0.2, 0) is 21.7 Å². The average molecular weight is 516 g/mol. The van der Waals surface area contributed by atoms with Crippen LogP contribution in [-0.4, -0.2) is 8.80 Å². The van der Waals surface area contributed by atoms with Gasteiger partial charge in [0.05, 0.1) is 8.80 Å². The Labute approximate surface area is 219 Å². The number of benzene rings is 1. The van der Waals surface area contributed by atoms with Gasteiger partial charge in [0.15, 0.2) is 0 Å². The summed E-state index contributed by atoms with van der Waals surface area (Å²) in [6.45, 7) is 16.2. The minimum atomic E-state index is -1.45. The maximum atomic E-state index is 2.54. The Balaban J connectivity index is 0. The molecular formula is C25H33Cl3SiTi. The minimum absolute atomic E-state index is 0. The molecule has 0 aromatic heterocycles. The summed E-state index contributed by atoms with van der Waals surface area (Å²) in [5, 5.41) is 3.60. The van der Waals surface area contributed by atoms with Crippen LogP contribution in [0.2, 0.25) is 5.04 Å². The first-order valence-corrected chi connectivity index (χ1v) is 11.7. The van der Waals surface area contributed by atoms with E-state index >= 15 is 0 Å². The molecule has 0 radical (unpaired) electrons. The summed E-state index contributed by atoms with van der Waals surface area (Å²) >= 11 is 0. The first-order valence-electron chi connectivity index (χ1n) is 9.96. The van der Waals surface area contributed by atoms with Crippen LogP contribution >= 0.6 is 0 Å². The molecule has 2 aromatic carbocycles. The van der Waals surface area contributed by atoms with Gasteiger partial charge < -0.3 is 37.2 Å². The topological polar surface area (TPSA) is 0 Å². The Morgan fingerprint density at radius 1 is 0.833 bits per heavy atom. The molecule has 0 heterocycles. The van der Waals surface area contributed by atoms with Crippen molar-refractivity contribution in [3.05, 3.63) is 75.9 Å². The fourth-order valence-electron chi connectivity index (χ4n) is 5.01. The second-order valence-electron chi connectivity index (χ2n) is 8.35. The number of allylic oxidation sites excluding steroid dienone is 4. The Bertz CT molecular complexity index is 853. The van der Waals surface area contributed by atoms with Gasteiger partial charge in [0.25, 0.3) is 0 Å². The zero-order valence-corrected chi connectivity index (χ0v) is 24.2. The SMILES string of the molecule is CCC1([SiH](c2cc(C)cc(C)c2)[c-]2c(C)c(C)c(C)c2C)C=CC=CC1.[Cl-].[Cl-].[Cl-].[Ti+4]. The van der Waals surface area contributed by atoms with Gasteiger partial charge in [0.1, 0.15) is 0 Å². The molecule has 0 spiro atoms. The molecule has 0 saturated heterocycles. The molecule has 0 saturated carbocycles. The van der Waals surface area contributed by atoms with Crippen LogP contribution in [0, 0.1) is 41.5 Å². The van der Waals surface area contributed by atoms with Gasteiger partial charge in [-0.1, -0.05) is 93.4 Å². The first kappa shape index (κ1) is 32.0. The van der Waals surface area contributed by atoms with E-state index in [1.54, 1.807) is 21.5 Å². The molecular weight excluding hydrogens is 483 g/mol. The van der Waals surface area contributed by atoms with Crippen molar-refractivity contribution in [2.75, 3.05) is 0 Å². The number of hydrogen-bond donors (Lipinski definition) is 0. The molecule has 162 valence electrons. The van der Waals surface area contributed by atoms with Gasteiger partial charge in [-0.05, 0) is 31.7 Å². The molecule has 30 heavy (non-hydrogen) atoms. The maximum Gasteiger partial charge on any atom is 4.00 e. The van der Waals surface area contributed by atoms with Crippen molar-refractivity contribution in [3.8, 4) is 0 Å². The third kappa shape index (κ3) is 5.80. The van der Waals surface area contributed by atoms with Gasteiger partial charge in [-0.3, -0.25) is 0 Å².